The van der Waals surface area contributed by atoms with Gasteiger partial charge < -0.3 is 9.88 Å². The lowest BCUT2D eigenvalue weighted by molar-refractivity contribution is -0.123. The normalized spacial score (nSPS) is 15.4. The van der Waals surface area contributed by atoms with Crippen LogP contribution >= 0.6 is 15.9 Å². The van der Waals surface area contributed by atoms with Gasteiger partial charge in [0.25, 0.3) is 5.91 Å². The van der Waals surface area contributed by atoms with Crippen molar-refractivity contribution in [2.75, 3.05) is 0 Å². The number of carbonyl (C=O) groups is 2. The molecule has 2 aromatic carbocycles. The number of urea groups is 1. The van der Waals surface area contributed by atoms with E-state index in [0.29, 0.717) is 0 Å². The second-order valence-corrected chi connectivity index (χ2v) is 7.57. The first-order chi connectivity index (χ1) is 13.5. The summed E-state index contributed by atoms with van der Waals surface area (Å²) in [5.41, 5.74) is 4.04. The van der Waals surface area contributed by atoms with Crippen LogP contribution in [0.15, 0.2) is 77.0 Å². The molecule has 0 spiro atoms. The Balaban J connectivity index is 1.61. The van der Waals surface area contributed by atoms with Crippen molar-refractivity contribution in [3.8, 4) is 5.69 Å². The van der Waals surface area contributed by atoms with Crippen molar-refractivity contribution >= 4 is 33.9 Å². The Morgan fingerprint density at radius 1 is 1.04 bits per heavy atom. The third-order valence-corrected chi connectivity index (χ3v) is 5.04. The molecule has 1 aliphatic rings. The number of rotatable bonds is 4. The largest absolute Gasteiger partial charge is 0.329 e. The molecule has 4 rings (SSSR count). The van der Waals surface area contributed by atoms with Gasteiger partial charge in [0.05, 0.1) is 6.54 Å². The van der Waals surface area contributed by atoms with Gasteiger partial charge in [-0.15, -0.1) is 0 Å². The van der Waals surface area contributed by atoms with E-state index in [0.717, 1.165) is 27.0 Å². The van der Waals surface area contributed by atoms with E-state index in [2.05, 4.69) is 21.2 Å². The van der Waals surface area contributed by atoms with Gasteiger partial charge in [-0.3, -0.25) is 9.69 Å². The van der Waals surface area contributed by atoms with Gasteiger partial charge in [0.2, 0.25) is 0 Å². The first-order valence-corrected chi connectivity index (χ1v) is 9.64. The van der Waals surface area contributed by atoms with Crippen molar-refractivity contribution in [2.24, 2.45) is 0 Å². The van der Waals surface area contributed by atoms with Crippen LogP contribution in [0.5, 0.6) is 0 Å². The van der Waals surface area contributed by atoms with Crippen molar-refractivity contribution in [1.29, 1.82) is 0 Å². The lowest BCUT2D eigenvalue weighted by atomic mass is 10.1. The maximum Gasteiger partial charge on any atom is 0.329 e. The minimum Gasteiger partial charge on any atom is -0.317 e. The van der Waals surface area contributed by atoms with E-state index in [4.69, 9.17) is 0 Å². The molecule has 3 aromatic rings. The zero-order chi connectivity index (χ0) is 19.7. The predicted octanol–water partition coefficient (Wildman–Crippen LogP) is 4.64. The zero-order valence-corrected chi connectivity index (χ0v) is 16.8. The van der Waals surface area contributed by atoms with Crippen molar-refractivity contribution < 1.29 is 9.59 Å². The van der Waals surface area contributed by atoms with Crippen LogP contribution in [0.25, 0.3) is 11.8 Å². The fourth-order valence-corrected chi connectivity index (χ4v) is 3.62. The number of benzene rings is 2. The van der Waals surface area contributed by atoms with Crippen LogP contribution < -0.4 is 5.32 Å². The summed E-state index contributed by atoms with van der Waals surface area (Å²) < 4.78 is 2.92. The van der Waals surface area contributed by atoms with Gasteiger partial charge in [0.1, 0.15) is 5.70 Å². The quantitative estimate of drug-likeness (QED) is 0.479. The average Bonchev–Trinajstić information content (AvgIpc) is 3.22. The second kappa shape index (κ2) is 7.48. The SMILES string of the molecule is Cc1cccc(CN2C(=O)N/C(=C/c3cccn3-c3cccc(Br)c3)C2=O)c1. The Labute approximate surface area is 171 Å². The Kier molecular flexibility index (Phi) is 4.88. The summed E-state index contributed by atoms with van der Waals surface area (Å²) >= 11 is 3.48. The van der Waals surface area contributed by atoms with Gasteiger partial charge in [-0.25, -0.2) is 4.79 Å². The van der Waals surface area contributed by atoms with Crippen molar-refractivity contribution in [2.45, 2.75) is 13.5 Å². The highest BCUT2D eigenvalue weighted by Crippen LogP contribution is 2.21. The van der Waals surface area contributed by atoms with Crippen molar-refractivity contribution in [1.82, 2.24) is 14.8 Å². The number of halogens is 1. The molecule has 1 aliphatic heterocycles. The van der Waals surface area contributed by atoms with E-state index in [-0.39, 0.29) is 18.1 Å². The Morgan fingerprint density at radius 3 is 2.64 bits per heavy atom. The fraction of sp³-hybridized carbons (Fsp3) is 0.0909. The molecule has 28 heavy (non-hydrogen) atoms. The van der Waals surface area contributed by atoms with Crippen molar-refractivity contribution in [3.63, 3.8) is 0 Å². The third kappa shape index (κ3) is 3.64. The maximum atomic E-state index is 12.8. The van der Waals surface area contributed by atoms with Gasteiger partial charge in [0.15, 0.2) is 0 Å². The molecule has 1 N–H and O–H groups in total. The number of hydrogen-bond acceptors (Lipinski definition) is 2. The van der Waals surface area contributed by atoms with Crippen LogP contribution in [0.4, 0.5) is 4.79 Å². The average molecular weight is 436 g/mol. The smallest absolute Gasteiger partial charge is 0.317 e. The number of aromatic nitrogens is 1. The molecule has 2 heterocycles. The Hall–Kier alpha value is -3.12. The number of hydrogen-bond donors (Lipinski definition) is 1. The van der Waals surface area contributed by atoms with E-state index < -0.39 is 6.03 Å². The second-order valence-electron chi connectivity index (χ2n) is 6.65. The van der Waals surface area contributed by atoms with Gasteiger partial charge in [-0.05, 0) is 48.9 Å². The van der Waals surface area contributed by atoms with E-state index >= 15 is 0 Å². The number of amides is 3. The molecule has 1 saturated heterocycles. The van der Waals surface area contributed by atoms with Gasteiger partial charge in [0, 0.05) is 22.1 Å². The molecule has 0 radical (unpaired) electrons. The molecule has 140 valence electrons. The minimum atomic E-state index is -0.404. The first-order valence-electron chi connectivity index (χ1n) is 8.85. The summed E-state index contributed by atoms with van der Waals surface area (Å²) in [6, 6.07) is 19.0. The Morgan fingerprint density at radius 2 is 1.86 bits per heavy atom. The highest BCUT2D eigenvalue weighted by atomic mass is 79.9. The van der Waals surface area contributed by atoms with Gasteiger partial charge in [-0.2, -0.15) is 0 Å². The lowest BCUT2D eigenvalue weighted by Crippen LogP contribution is -2.30. The number of nitrogens with zero attached hydrogens (tertiary/aromatic N) is 2. The standard InChI is InChI=1S/C22H18BrN3O2/c1-15-5-2-6-16(11-15)14-26-21(27)20(24-22(26)28)13-19-9-4-10-25(19)18-8-3-7-17(23)12-18/h2-13H,14H2,1H3,(H,24,28)/b20-13+. The molecule has 6 heteroatoms. The highest BCUT2D eigenvalue weighted by molar-refractivity contribution is 9.10. The number of nitrogens with one attached hydrogen (secondary N) is 1. The fourth-order valence-electron chi connectivity index (χ4n) is 3.23. The van der Waals surface area contributed by atoms with Gasteiger partial charge in [-0.1, -0.05) is 51.8 Å². The molecule has 0 unspecified atom stereocenters. The Bertz CT molecular complexity index is 1100. The molecule has 0 aliphatic carbocycles. The maximum absolute atomic E-state index is 12.8. The monoisotopic (exact) mass is 435 g/mol. The molecule has 0 bridgehead atoms. The van der Waals surface area contributed by atoms with Crippen LogP contribution in [0, 0.1) is 6.92 Å². The van der Waals surface area contributed by atoms with E-state index in [1.165, 1.54) is 4.90 Å². The van der Waals surface area contributed by atoms with E-state index in [1.807, 2.05) is 78.4 Å². The van der Waals surface area contributed by atoms with Crippen LogP contribution in [0.1, 0.15) is 16.8 Å². The summed E-state index contributed by atoms with van der Waals surface area (Å²) in [5.74, 6) is -0.325. The van der Waals surface area contributed by atoms with Crippen LogP contribution in [0.3, 0.4) is 0 Å². The number of carbonyl (C=O) groups excluding carboxylic acids is 2. The molecule has 0 saturated carbocycles. The summed E-state index contributed by atoms with van der Waals surface area (Å²) in [6.45, 7) is 2.23. The molecular weight excluding hydrogens is 418 g/mol. The highest BCUT2D eigenvalue weighted by Gasteiger charge is 2.33. The predicted molar refractivity (Wildman–Crippen MR) is 112 cm³/mol. The lowest BCUT2D eigenvalue weighted by Gasteiger charge is -2.12. The summed E-state index contributed by atoms with van der Waals surface area (Å²) in [5, 5.41) is 2.69. The number of imide groups is 1. The summed E-state index contributed by atoms with van der Waals surface area (Å²) in [7, 11) is 0. The molecule has 5 nitrogen and oxygen atoms in total. The third-order valence-electron chi connectivity index (χ3n) is 4.54. The van der Waals surface area contributed by atoms with Gasteiger partial charge >= 0.3 is 6.03 Å². The summed E-state index contributed by atoms with van der Waals surface area (Å²) in [4.78, 5) is 26.4. The van der Waals surface area contributed by atoms with E-state index in [9.17, 15) is 9.59 Å². The summed E-state index contributed by atoms with van der Waals surface area (Å²) in [6.07, 6.45) is 3.62. The van der Waals surface area contributed by atoms with Crippen LogP contribution in [0.2, 0.25) is 0 Å². The zero-order valence-electron chi connectivity index (χ0n) is 15.2. The molecule has 1 aromatic heterocycles. The first kappa shape index (κ1) is 18.3. The molecular formula is C22H18BrN3O2. The molecule has 3 amide bonds. The molecule has 0 atom stereocenters. The minimum absolute atomic E-state index is 0.246. The van der Waals surface area contributed by atoms with E-state index in [1.54, 1.807) is 6.08 Å². The van der Waals surface area contributed by atoms with Crippen molar-refractivity contribution in [3.05, 3.63) is 93.9 Å². The molecule has 1 fully saturated rings. The van der Waals surface area contributed by atoms with Crippen LogP contribution in [-0.2, 0) is 11.3 Å². The van der Waals surface area contributed by atoms with Crippen LogP contribution in [-0.4, -0.2) is 21.4 Å². The topological polar surface area (TPSA) is 54.3 Å². The number of aryl methyl sites for hydroxylation is 1.